The first-order chi connectivity index (χ1) is 15.2. The van der Waals surface area contributed by atoms with Gasteiger partial charge in [0.25, 0.3) is 5.56 Å². The van der Waals surface area contributed by atoms with Crippen LogP contribution in [0.5, 0.6) is 5.75 Å². The molecule has 2 heterocycles. The maximum atomic E-state index is 13.1. The van der Waals surface area contributed by atoms with Gasteiger partial charge in [-0.3, -0.25) is 14.2 Å². The number of fused-ring (bicyclic) bond motifs is 1. The number of nitrogens with zero attached hydrogens (tertiary/aromatic N) is 2. The minimum absolute atomic E-state index is 0.167. The van der Waals surface area contributed by atoms with E-state index in [1.165, 1.54) is 22.2 Å². The summed E-state index contributed by atoms with van der Waals surface area (Å²) in [5, 5.41) is 2.42. The molecule has 0 saturated carbocycles. The van der Waals surface area contributed by atoms with E-state index in [2.05, 4.69) is 11.9 Å². The first-order valence-electron chi connectivity index (χ1n) is 10.0. The maximum Gasteiger partial charge on any atom is 0.326 e. The highest BCUT2D eigenvalue weighted by atomic mass is 32.1. The Hall–Kier alpha value is -3.45. The number of thiophene rings is 1. The lowest BCUT2D eigenvalue weighted by molar-refractivity contribution is -0.145. The Morgan fingerprint density at radius 3 is 2.61 bits per heavy atom. The van der Waals surface area contributed by atoms with Crippen LogP contribution in [0.25, 0.3) is 21.3 Å². The van der Waals surface area contributed by atoms with E-state index in [0.29, 0.717) is 16.8 Å². The molecule has 0 aliphatic heterocycles. The SMILES string of the molecule is CCCOc1ccc(-c2csc3ncn(CC(=O)OCc4ccccc4)c(=O)c23)cc1. The van der Waals surface area contributed by atoms with Gasteiger partial charge in [-0.05, 0) is 29.7 Å². The van der Waals surface area contributed by atoms with E-state index < -0.39 is 5.97 Å². The molecule has 0 atom stereocenters. The number of hydrogen-bond acceptors (Lipinski definition) is 6. The molecule has 7 heteroatoms. The van der Waals surface area contributed by atoms with Crippen LogP contribution in [0.1, 0.15) is 18.9 Å². The van der Waals surface area contributed by atoms with Crippen molar-refractivity contribution in [2.24, 2.45) is 0 Å². The lowest BCUT2D eigenvalue weighted by atomic mass is 10.1. The molecule has 0 fully saturated rings. The molecule has 0 bridgehead atoms. The Morgan fingerprint density at radius 1 is 1.10 bits per heavy atom. The molecule has 0 spiro atoms. The van der Waals surface area contributed by atoms with Gasteiger partial charge < -0.3 is 9.47 Å². The second kappa shape index (κ2) is 9.57. The van der Waals surface area contributed by atoms with Crippen molar-refractivity contribution < 1.29 is 14.3 Å². The van der Waals surface area contributed by atoms with Gasteiger partial charge >= 0.3 is 5.97 Å². The van der Waals surface area contributed by atoms with Crippen LogP contribution in [-0.4, -0.2) is 22.1 Å². The van der Waals surface area contributed by atoms with Crippen molar-refractivity contribution in [1.29, 1.82) is 0 Å². The molecule has 2 aromatic heterocycles. The molecule has 0 saturated heterocycles. The number of rotatable bonds is 8. The second-order valence-electron chi connectivity index (χ2n) is 7.03. The van der Waals surface area contributed by atoms with E-state index in [0.717, 1.165) is 28.9 Å². The fourth-order valence-electron chi connectivity index (χ4n) is 3.17. The second-order valence-corrected chi connectivity index (χ2v) is 7.88. The van der Waals surface area contributed by atoms with Gasteiger partial charge in [0.1, 0.15) is 23.7 Å². The molecule has 0 radical (unpaired) electrons. The van der Waals surface area contributed by atoms with E-state index in [1.54, 1.807) is 0 Å². The van der Waals surface area contributed by atoms with Gasteiger partial charge in [0.15, 0.2) is 0 Å². The summed E-state index contributed by atoms with van der Waals surface area (Å²) in [6.07, 6.45) is 2.34. The predicted molar refractivity (Wildman–Crippen MR) is 121 cm³/mol. The summed E-state index contributed by atoms with van der Waals surface area (Å²) in [5.74, 6) is 0.308. The van der Waals surface area contributed by atoms with Gasteiger partial charge in [0.2, 0.25) is 0 Å². The lowest BCUT2D eigenvalue weighted by Gasteiger charge is -2.08. The number of benzene rings is 2. The summed E-state index contributed by atoms with van der Waals surface area (Å²) in [7, 11) is 0. The highest BCUT2D eigenvalue weighted by molar-refractivity contribution is 7.17. The monoisotopic (exact) mass is 434 g/mol. The summed E-state index contributed by atoms with van der Waals surface area (Å²) in [6, 6.07) is 17.1. The number of hydrogen-bond donors (Lipinski definition) is 0. The van der Waals surface area contributed by atoms with E-state index in [4.69, 9.17) is 9.47 Å². The Kier molecular flexibility index (Phi) is 6.43. The minimum Gasteiger partial charge on any atom is -0.494 e. The highest BCUT2D eigenvalue weighted by Gasteiger charge is 2.15. The standard InChI is InChI=1S/C24H22N2O4S/c1-2-12-29-19-10-8-18(9-11-19)20-15-31-23-22(20)24(28)26(16-25-23)13-21(27)30-14-17-6-4-3-5-7-17/h3-11,15-16H,2,12-14H2,1H3. The van der Waals surface area contributed by atoms with Gasteiger partial charge in [-0.1, -0.05) is 49.4 Å². The van der Waals surface area contributed by atoms with Crippen molar-refractivity contribution in [3.63, 3.8) is 0 Å². The van der Waals surface area contributed by atoms with E-state index in [9.17, 15) is 9.59 Å². The number of carbonyl (C=O) groups is 1. The molecule has 6 nitrogen and oxygen atoms in total. The lowest BCUT2D eigenvalue weighted by Crippen LogP contribution is -2.25. The van der Waals surface area contributed by atoms with Crippen LogP contribution >= 0.6 is 11.3 Å². The Balaban J connectivity index is 1.54. The third-order valence-electron chi connectivity index (χ3n) is 4.74. The average molecular weight is 435 g/mol. The molecule has 4 rings (SSSR count). The summed E-state index contributed by atoms with van der Waals surface area (Å²) < 4.78 is 12.2. The molecular weight excluding hydrogens is 412 g/mol. The number of ether oxygens (including phenoxy) is 2. The molecular formula is C24H22N2O4S. The van der Waals surface area contributed by atoms with Crippen molar-refractivity contribution in [2.75, 3.05) is 6.61 Å². The Morgan fingerprint density at radius 2 is 1.87 bits per heavy atom. The van der Waals surface area contributed by atoms with Crippen molar-refractivity contribution >= 4 is 27.5 Å². The van der Waals surface area contributed by atoms with Crippen molar-refractivity contribution in [3.8, 4) is 16.9 Å². The quantitative estimate of drug-likeness (QED) is 0.377. The van der Waals surface area contributed by atoms with Gasteiger partial charge in [-0.2, -0.15) is 0 Å². The predicted octanol–water partition coefficient (Wildman–Crippen LogP) is 4.66. The third kappa shape index (κ3) is 4.83. The summed E-state index contributed by atoms with van der Waals surface area (Å²) in [4.78, 5) is 30.4. The topological polar surface area (TPSA) is 70.4 Å². The van der Waals surface area contributed by atoms with Crippen LogP contribution in [0, 0.1) is 0 Å². The minimum atomic E-state index is -0.485. The zero-order chi connectivity index (χ0) is 21.6. The molecule has 2 aromatic carbocycles. The average Bonchev–Trinajstić information content (AvgIpc) is 3.24. The number of aromatic nitrogens is 2. The van der Waals surface area contributed by atoms with Gasteiger partial charge in [0.05, 0.1) is 18.3 Å². The van der Waals surface area contributed by atoms with Crippen LogP contribution in [0.3, 0.4) is 0 Å². The zero-order valence-electron chi connectivity index (χ0n) is 17.1. The molecule has 31 heavy (non-hydrogen) atoms. The van der Waals surface area contributed by atoms with Crippen LogP contribution in [-0.2, 0) is 22.7 Å². The number of esters is 1. The van der Waals surface area contributed by atoms with Gasteiger partial charge in [-0.15, -0.1) is 11.3 Å². The van der Waals surface area contributed by atoms with E-state index in [-0.39, 0.29) is 18.7 Å². The molecule has 0 aliphatic rings. The molecule has 0 amide bonds. The van der Waals surface area contributed by atoms with E-state index in [1.807, 2.05) is 60.0 Å². The zero-order valence-corrected chi connectivity index (χ0v) is 17.9. The van der Waals surface area contributed by atoms with Crippen molar-refractivity contribution in [1.82, 2.24) is 9.55 Å². The van der Waals surface area contributed by atoms with Gasteiger partial charge in [0, 0.05) is 10.9 Å². The third-order valence-corrected chi connectivity index (χ3v) is 5.63. The van der Waals surface area contributed by atoms with Crippen molar-refractivity contribution in [2.45, 2.75) is 26.5 Å². The van der Waals surface area contributed by atoms with Crippen LogP contribution in [0.15, 0.2) is 71.1 Å². The summed E-state index contributed by atoms with van der Waals surface area (Å²) >= 11 is 1.40. The highest BCUT2D eigenvalue weighted by Crippen LogP contribution is 2.31. The first kappa shape index (κ1) is 20.8. The molecule has 4 aromatic rings. The number of carbonyl (C=O) groups excluding carboxylic acids is 1. The van der Waals surface area contributed by atoms with Crippen molar-refractivity contribution in [3.05, 3.63) is 82.2 Å². The summed E-state index contributed by atoms with van der Waals surface area (Å²) in [5.41, 5.74) is 2.33. The smallest absolute Gasteiger partial charge is 0.326 e. The van der Waals surface area contributed by atoms with Gasteiger partial charge in [-0.25, -0.2) is 4.98 Å². The largest absolute Gasteiger partial charge is 0.494 e. The van der Waals surface area contributed by atoms with Crippen LogP contribution < -0.4 is 10.3 Å². The first-order valence-corrected chi connectivity index (χ1v) is 10.9. The Bertz CT molecular complexity index is 1230. The Labute approximate surface area is 183 Å². The fraction of sp³-hybridized carbons (Fsp3) is 0.208. The normalized spacial score (nSPS) is 10.9. The van der Waals surface area contributed by atoms with E-state index >= 15 is 0 Å². The molecule has 158 valence electrons. The van der Waals surface area contributed by atoms with Crippen LogP contribution in [0.2, 0.25) is 0 Å². The fourth-order valence-corrected chi connectivity index (χ4v) is 4.07. The summed E-state index contributed by atoms with van der Waals surface area (Å²) in [6.45, 7) is 2.70. The molecule has 0 unspecified atom stereocenters. The molecule has 0 aliphatic carbocycles. The van der Waals surface area contributed by atoms with Crippen LogP contribution in [0.4, 0.5) is 0 Å². The molecule has 0 N–H and O–H groups in total. The maximum absolute atomic E-state index is 13.1.